The van der Waals surface area contributed by atoms with Crippen LogP contribution in [0.3, 0.4) is 0 Å². The molecule has 8 heteroatoms. The Morgan fingerprint density at radius 3 is 2.50 bits per heavy atom. The van der Waals surface area contributed by atoms with Crippen LogP contribution in [0, 0.1) is 13.8 Å². The summed E-state index contributed by atoms with van der Waals surface area (Å²) in [5.74, 6) is 0.163. The molecule has 28 heavy (non-hydrogen) atoms. The predicted octanol–water partition coefficient (Wildman–Crippen LogP) is 4.80. The van der Waals surface area contributed by atoms with Crippen LogP contribution in [0.1, 0.15) is 64.8 Å². The summed E-state index contributed by atoms with van der Waals surface area (Å²) in [4.78, 5) is 22.7. The summed E-state index contributed by atoms with van der Waals surface area (Å²) in [5.41, 5.74) is 3.48. The van der Waals surface area contributed by atoms with E-state index in [4.69, 9.17) is 17.0 Å². The second-order valence-corrected chi connectivity index (χ2v) is 8.41. The number of hydrogen-bond acceptors (Lipinski definition) is 6. The van der Waals surface area contributed by atoms with Gasteiger partial charge >= 0.3 is 5.97 Å². The Labute approximate surface area is 175 Å². The van der Waals surface area contributed by atoms with Crippen molar-refractivity contribution < 1.29 is 9.53 Å². The number of esters is 1. The zero-order valence-corrected chi connectivity index (χ0v) is 18.2. The first kappa shape index (κ1) is 20.7. The van der Waals surface area contributed by atoms with E-state index in [0.29, 0.717) is 23.2 Å². The number of carbonyl (C=O) groups excluding carboxylic acids is 1. The maximum atomic E-state index is 12.7. The number of fused-ring (bicyclic) bond motifs is 1. The molecule has 0 amide bonds. The van der Waals surface area contributed by atoms with Crippen LogP contribution in [-0.4, -0.2) is 27.7 Å². The minimum atomic E-state index is -0.284. The molecule has 0 saturated heterocycles. The summed E-state index contributed by atoms with van der Waals surface area (Å²) < 4.78 is 5.34. The van der Waals surface area contributed by atoms with E-state index < -0.39 is 0 Å². The number of thiocarbonyl (C=S) groups is 1. The third-order valence-corrected chi connectivity index (χ3v) is 6.00. The third-order valence-electron chi connectivity index (χ3n) is 4.59. The molecule has 0 spiro atoms. The lowest BCUT2D eigenvalue weighted by atomic mass is 9.96. The van der Waals surface area contributed by atoms with Crippen LogP contribution in [0.5, 0.6) is 0 Å². The van der Waals surface area contributed by atoms with E-state index in [-0.39, 0.29) is 5.97 Å². The first-order valence-electron chi connectivity index (χ1n) is 9.70. The Hall–Kier alpha value is -2.06. The number of thiophene rings is 1. The lowest BCUT2D eigenvalue weighted by Crippen LogP contribution is -2.22. The summed E-state index contributed by atoms with van der Waals surface area (Å²) >= 11 is 7.07. The van der Waals surface area contributed by atoms with Gasteiger partial charge in [0, 0.05) is 16.3 Å². The summed E-state index contributed by atoms with van der Waals surface area (Å²) in [5, 5.41) is 7.33. The molecule has 2 heterocycles. The van der Waals surface area contributed by atoms with E-state index in [1.54, 1.807) is 11.3 Å². The molecule has 1 aliphatic rings. The molecule has 3 rings (SSSR count). The van der Waals surface area contributed by atoms with Crippen molar-refractivity contribution in [3.63, 3.8) is 0 Å². The van der Waals surface area contributed by atoms with Gasteiger partial charge in [-0.15, -0.1) is 11.3 Å². The van der Waals surface area contributed by atoms with Gasteiger partial charge in [0.05, 0.1) is 12.2 Å². The quantitative estimate of drug-likeness (QED) is 0.545. The number of nitrogens with one attached hydrogen (secondary N) is 2. The van der Waals surface area contributed by atoms with Crippen molar-refractivity contribution >= 4 is 45.6 Å². The first-order chi connectivity index (χ1) is 13.5. The Bertz CT molecular complexity index is 859. The van der Waals surface area contributed by atoms with Gasteiger partial charge in [-0.05, 0) is 70.3 Å². The van der Waals surface area contributed by atoms with E-state index in [1.807, 2.05) is 26.8 Å². The zero-order valence-electron chi connectivity index (χ0n) is 16.6. The van der Waals surface area contributed by atoms with Crippen molar-refractivity contribution in [2.75, 3.05) is 17.2 Å². The van der Waals surface area contributed by atoms with Crippen LogP contribution >= 0.6 is 23.6 Å². The highest BCUT2D eigenvalue weighted by Crippen LogP contribution is 2.37. The van der Waals surface area contributed by atoms with Crippen LogP contribution in [0.25, 0.3) is 0 Å². The van der Waals surface area contributed by atoms with Crippen LogP contribution in [0.4, 0.5) is 10.9 Å². The van der Waals surface area contributed by atoms with Gasteiger partial charge in [0.1, 0.15) is 5.00 Å². The molecule has 2 N–H and O–H groups in total. The normalized spacial score (nSPS) is 13.8. The van der Waals surface area contributed by atoms with Gasteiger partial charge in [0.2, 0.25) is 5.95 Å². The largest absolute Gasteiger partial charge is 0.462 e. The summed E-state index contributed by atoms with van der Waals surface area (Å²) in [7, 11) is 0. The van der Waals surface area contributed by atoms with Crippen molar-refractivity contribution in [2.24, 2.45) is 0 Å². The highest BCUT2D eigenvalue weighted by atomic mass is 32.1. The number of anilines is 2. The average Bonchev–Trinajstić information content (AvgIpc) is 2.90. The van der Waals surface area contributed by atoms with E-state index in [9.17, 15) is 4.79 Å². The second kappa shape index (κ2) is 9.43. The molecular weight excluding hydrogens is 392 g/mol. The molecular formula is C20H26N4O2S2. The number of aromatic nitrogens is 2. The summed E-state index contributed by atoms with van der Waals surface area (Å²) in [6, 6.07) is 1.90. The zero-order chi connectivity index (χ0) is 20.1. The first-order valence-corrected chi connectivity index (χ1v) is 10.9. The summed E-state index contributed by atoms with van der Waals surface area (Å²) in [6.07, 6.45) is 6.57. The fourth-order valence-electron chi connectivity index (χ4n) is 3.44. The standard InChI is InChI=1S/C20H26N4O2S2/c1-4-26-18(25)16-14-9-7-5-6-8-10-15(14)28-17(16)23-20(27)24-19-21-12(2)11-13(3)22-19/h11H,4-10H2,1-3H3,(H2,21,22,23,24,27). The molecule has 0 aliphatic heterocycles. The van der Waals surface area contributed by atoms with Gasteiger partial charge in [-0.25, -0.2) is 14.8 Å². The van der Waals surface area contributed by atoms with Crippen LogP contribution in [0.2, 0.25) is 0 Å². The number of hydrogen-bond donors (Lipinski definition) is 2. The molecule has 0 atom stereocenters. The molecule has 2 aromatic rings. The van der Waals surface area contributed by atoms with Crippen molar-refractivity contribution in [2.45, 2.75) is 59.3 Å². The van der Waals surface area contributed by atoms with Gasteiger partial charge in [0.25, 0.3) is 0 Å². The lowest BCUT2D eigenvalue weighted by molar-refractivity contribution is 0.0526. The molecule has 150 valence electrons. The van der Waals surface area contributed by atoms with E-state index in [2.05, 4.69) is 20.6 Å². The van der Waals surface area contributed by atoms with Gasteiger partial charge in [-0.1, -0.05) is 12.8 Å². The molecule has 0 radical (unpaired) electrons. The Balaban J connectivity index is 1.86. The smallest absolute Gasteiger partial charge is 0.341 e. The Kier molecular flexibility index (Phi) is 6.96. The maximum absolute atomic E-state index is 12.7. The van der Waals surface area contributed by atoms with E-state index in [1.165, 1.54) is 17.7 Å². The van der Waals surface area contributed by atoms with Crippen molar-refractivity contribution in [3.8, 4) is 0 Å². The number of ether oxygens (including phenoxy) is 1. The van der Waals surface area contributed by atoms with Crippen molar-refractivity contribution in [1.82, 2.24) is 9.97 Å². The SMILES string of the molecule is CCOC(=O)c1c(NC(=S)Nc2nc(C)cc(C)n2)sc2c1CCCCCC2. The molecule has 0 saturated carbocycles. The fraction of sp³-hybridized carbons (Fsp3) is 0.500. The topological polar surface area (TPSA) is 76.1 Å². The molecule has 1 aliphatic carbocycles. The van der Waals surface area contributed by atoms with Gasteiger partial charge in [0.15, 0.2) is 5.11 Å². The van der Waals surface area contributed by atoms with Crippen LogP contribution < -0.4 is 10.6 Å². The minimum absolute atomic E-state index is 0.284. The molecule has 0 aromatic carbocycles. The van der Waals surface area contributed by atoms with E-state index in [0.717, 1.165) is 47.6 Å². The monoisotopic (exact) mass is 418 g/mol. The van der Waals surface area contributed by atoms with Gasteiger partial charge in [-0.2, -0.15) is 0 Å². The molecule has 6 nitrogen and oxygen atoms in total. The maximum Gasteiger partial charge on any atom is 0.341 e. The predicted molar refractivity (Wildman–Crippen MR) is 118 cm³/mol. The van der Waals surface area contributed by atoms with Gasteiger partial charge < -0.3 is 15.4 Å². The van der Waals surface area contributed by atoms with E-state index >= 15 is 0 Å². The molecule has 0 bridgehead atoms. The van der Waals surface area contributed by atoms with Crippen molar-refractivity contribution in [3.05, 3.63) is 33.5 Å². The Morgan fingerprint density at radius 2 is 1.82 bits per heavy atom. The van der Waals surface area contributed by atoms with Crippen molar-refractivity contribution in [1.29, 1.82) is 0 Å². The number of carbonyl (C=O) groups is 1. The molecule has 2 aromatic heterocycles. The van der Waals surface area contributed by atoms with Crippen LogP contribution in [-0.2, 0) is 17.6 Å². The number of rotatable bonds is 4. The number of aryl methyl sites for hydroxylation is 3. The fourth-order valence-corrected chi connectivity index (χ4v) is 4.98. The summed E-state index contributed by atoms with van der Waals surface area (Å²) in [6.45, 7) is 6.00. The van der Waals surface area contributed by atoms with Gasteiger partial charge in [-0.3, -0.25) is 0 Å². The average molecular weight is 419 g/mol. The van der Waals surface area contributed by atoms with Crippen LogP contribution in [0.15, 0.2) is 6.07 Å². The lowest BCUT2D eigenvalue weighted by Gasteiger charge is -2.12. The highest BCUT2D eigenvalue weighted by molar-refractivity contribution is 7.80. The Morgan fingerprint density at radius 1 is 1.14 bits per heavy atom. The number of nitrogens with zero attached hydrogens (tertiary/aromatic N) is 2. The molecule has 0 unspecified atom stereocenters. The third kappa shape index (κ3) is 5.05. The molecule has 0 fully saturated rings. The second-order valence-electron chi connectivity index (χ2n) is 6.90. The minimum Gasteiger partial charge on any atom is -0.462 e. The highest BCUT2D eigenvalue weighted by Gasteiger charge is 2.25.